The van der Waals surface area contributed by atoms with Crippen LogP contribution in [0.5, 0.6) is 0 Å². The SMILES string of the molecule is CN1C(=O)/[N+](=C(/C(=O)c2ccccc2)c2ccccc2)N=C1[O-]. The van der Waals surface area contributed by atoms with E-state index >= 15 is 0 Å². The van der Waals surface area contributed by atoms with E-state index in [1.54, 1.807) is 60.7 Å². The van der Waals surface area contributed by atoms with Crippen LogP contribution in [-0.4, -0.2) is 40.2 Å². The van der Waals surface area contributed by atoms with Crippen LogP contribution in [0.25, 0.3) is 0 Å². The van der Waals surface area contributed by atoms with Crippen LogP contribution in [0.4, 0.5) is 4.79 Å². The molecule has 0 saturated heterocycles. The highest BCUT2D eigenvalue weighted by atomic mass is 16.3. The van der Waals surface area contributed by atoms with Crippen LogP contribution in [0.15, 0.2) is 65.8 Å². The Kier molecular flexibility index (Phi) is 3.72. The van der Waals surface area contributed by atoms with Gasteiger partial charge in [-0.3, -0.25) is 4.79 Å². The summed E-state index contributed by atoms with van der Waals surface area (Å²) in [5, 5.41) is 15.3. The standard InChI is InChI=1S/C17H13N3O3/c1-19-16(22)18-20(17(19)23)14(12-8-4-2-5-9-12)15(21)13-10-6-3-7-11-13/h2-11H,1H3. The number of amidine groups is 1. The van der Waals surface area contributed by atoms with Crippen LogP contribution in [-0.2, 0) is 0 Å². The quantitative estimate of drug-likeness (QED) is 0.628. The van der Waals surface area contributed by atoms with E-state index in [2.05, 4.69) is 5.10 Å². The number of benzene rings is 2. The van der Waals surface area contributed by atoms with Crippen molar-refractivity contribution < 1.29 is 19.4 Å². The number of hydrazone groups is 1. The summed E-state index contributed by atoms with van der Waals surface area (Å²) in [5.74, 6) is -0.378. The van der Waals surface area contributed by atoms with Gasteiger partial charge in [0.25, 0.3) is 0 Å². The van der Waals surface area contributed by atoms with Crippen LogP contribution in [0.1, 0.15) is 15.9 Å². The van der Waals surface area contributed by atoms with Crippen molar-refractivity contribution in [3.63, 3.8) is 0 Å². The maximum Gasteiger partial charge on any atom is 0.525 e. The highest BCUT2D eigenvalue weighted by Crippen LogP contribution is 2.12. The minimum Gasteiger partial charge on any atom is -0.825 e. The summed E-state index contributed by atoms with van der Waals surface area (Å²) in [7, 11) is 1.32. The fourth-order valence-electron chi connectivity index (χ4n) is 2.24. The molecule has 1 heterocycles. The van der Waals surface area contributed by atoms with Crippen molar-refractivity contribution in [1.82, 2.24) is 4.90 Å². The predicted molar refractivity (Wildman–Crippen MR) is 82.2 cm³/mol. The molecular weight excluding hydrogens is 294 g/mol. The monoisotopic (exact) mass is 307 g/mol. The fraction of sp³-hybridized carbons (Fsp3) is 0.0588. The predicted octanol–water partition coefficient (Wildman–Crippen LogP) is 1.07. The molecule has 0 N–H and O–H groups in total. The molecule has 1 aliphatic rings. The lowest BCUT2D eigenvalue weighted by Crippen LogP contribution is -2.38. The number of hydrogen-bond donors (Lipinski definition) is 0. The number of rotatable bonds is 3. The summed E-state index contributed by atoms with van der Waals surface area (Å²) in [4.78, 5) is 26.0. The smallest absolute Gasteiger partial charge is 0.525 e. The summed E-state index contributed by atoms with van der Waals surface area (Å²) in [6.45, 7) is 0. The van der Waals surface area contributed by atoms with Gasteiger partial charge in [0.1, 0.15) is 0 Å². The normalized spacial score (nSPS) is 16.3. The Morgan fingerprint density at radius 3 is 2.00 bits per heavy atom. The maximum atomic E-state index is 12.9. The lowest BCUT2D eigenvalue weighted by atomic mass is 10.0. The molecule has 114 valence electrons. The van der Waals surface area contributed by atoms with Gasteiger partial charge in [0.15, 0.2) is 0 Å². The minimum absolute atomic E-state index is 0.0551. The molecule has 0 atom stereocenters. The van der Waals surface area contributed by atoms with Gasteiger partial charge in [-0.15, -0.1) is 0 Å². The van der Waals surface area contributed by atoms with Gasteiger partial charge >= 0.3 is 6.03 Å². The molecule has 2 amide bonds. The molecule has 6 heteroatoms. The van der Waals surface area contributed by atoms with Gasteiger partial charge in [0.2, 0.25) is 17.5 Å². The van der Waals surface area contributed by atoms with Crippen LogP contribution in [0.3, 0.4) is 0 Å². The van der Waals surface area contributed by atoms with Crippen molar-refractivity contribution in [2.24, 2.45) is 5.10 Å². The van der Waals surface area contributed by atoms with Crippen LogP contribution in [0, 0.1) is 0 Å². The number of carbonyl (C=O) groups is 2. The molecule has 0 spiro atoms. The lowest BCUT2D eigenvalue weighted by molar-refractivity contribution is -0.429. The lowest BCUT2D eigenvalue weighted by Gasteiger charge is -2.06. The molecule has 0 radical (unpaired) electrons. The molecule has 2 aromatic carbocycles. The minimum atomic E-state index is -0.704. The highest BCUT2D eigenvalue weighted by Gasteiger charge is 2.37. The van der Waals surface area contributed by atoms with Crippen molar-refractivity contribution in [1.29, 1.82) is 0 Å². The van der Waals surface area contributed by atoms with Crippen LogP contribution >= 0.6 is 0 Å². The summed E-state index contributed by atoms with van der Waals surface area (Å²) < 4.78 is 0.868. The Hall–Kier alpha value is -3.28. The van der Waals surface area contributed by atoms with Gasteiger partial charge in [-0.2, -0.15) is 9.69 Å². The van der Waals surface area contributed by atoms with Crippen LogP contribution in [0.2, 0.25) is 0 Å². The fourth-order valence-corrected chi connectivity index (χ4v) is 2.24. The molecule has 0 aliphatic carbocycles. The first-order chi connectivity index (χ1) is 11.1. The average molecular weight is 307 g/mol. The Balaban J connectivity index is 2.21. The van der Waals surface area contributed by atoms with Crippen molar-refractivity contribution in [2.75, 3.05) is 7.05 Å². The van der Waals surface area contributed by atoms with E-state index < -0.39 is 12.1 Å². The first-order valence-electron chi connectivity index (χ1n) is 6.95. The molecule has 0 bridgehead atoms. The molecule has 6 nitrogen and oxygen atoms in total. The summed E-state index contributed by atoms with van der Waals surface area (Å²) in [6.07, 6.45) is 0. The zero-order chi connectivity index (χ0) is 16.4. The van der Waals surface area contributed by atoms with E-state index in [0.29, 0.717) is 11.1 Å². The molecule has 0 unspecified atom stereocenters. The van der Waals surface area contributed by atoms with Crippen molar-refractivity contribution in [2.45, 2.75) is 0 Å². The van der Waals surface area contributed by atoms with Crippen LogP contribution < -0.4 is 5.11 Å². The molecule has 0 saturated carbocycles. The molecule has 0 aromatic heterocycles. The van der Waals surface area contributed by atoms with Crippen molar-refractivity contribution >= 4 is 23.5 Å². The second-order valence-electron chi connectivity index (χ2n) is 4.95. The van der Waals surface area contributed by atoms with E-state index in [4.69, 9.17) is 0 Å². The molecule has 1 aliphatic heterocycles. The average Bonchev–Trinajstić information content (AvgIpc) is 2.84. The summed E-state index contributed by atoms with van der Waals surface area (Å²) >= 11 is 0. The Labute approximate surface area is 132 Å². The maximum absolute atomic E-state index is 12.9. The third-order valence-corrected chi connectivity index (χ3v) is 3.45. The van der Waals surface area contributed by atoms with E-state index in [-0.39, 0.29) is 11.5 Å². The van der Waals surface area contributed by atoms with E-state index in [0.717, 1.165) is 9.58 Å². The topological polar surface area (TPSA) is 75.8 Å². The molecule has 0 fully saturated rings. The number of amides is 2. The summed E-state index contributed by atoms with van der Waals surface area (Å²) in [5.41, 5.74) is 0.984. The second-order valence-corrected chi connectivity index (χ2v) is 4.95. The van der Waals surface area contributed by atoms with E-state index in [9.17, 15) is 14.7 Å². The number of nitrogens with zero attached hydrogens (tertiary/aromatic N) is 3. The Bertz CT molecular complexity index is 827. The van der Waals surface area contributed by atoms with Gasteiger partial charge in [0, 0.05) is 11.1 Å². The van der Waals surface area contributed by atoms with Gasteiger partial charge in [-0.25, -0.2) is 0 Å². The largest absolute Gasteiger partial charge is 0.825 e. The van der Waals surface area contributed by atoms with Gasteiger partial charge in [-0.1, -0.05) is 65.3 Å². The number of ketones is 1. The Morgan fingerprint density at radius 1 is 1.00 bits per heavy atom. The third kappa shape index (κ3) is 2.62. The van der Waals surface area contributed by atoms with Crippen molar-refractivity contribution in [3.05, 3.63) is 71.8 Å². The van der Waals surface area contributed by atoms with Gasteiger partial charge in [-0.05, 0) is 5.10 Å². The molecular formula is C17H13N3O3. The number of urea groups is 1. The molecule has 23 heavy (non-hydrogen) atoms. The molecule has 2 aromatic rings. The first-order valence-corrected chi connectivity index (χ1v) is 6.95. The first kappa shape index (κ1) is 14.6. The summed E-state index contributed by atoms with van der Waals surface area (Å²) in [6, 6.07) is 15.9. The molecule has 3 rings (SSSR count). The second kappa shape index (κ2) is 5.84. The van der Waals surface area contributed by atoms with Crippen molar-refractivity contribution in [3.8, 4) is 0 Å². The Morgan fingerprint density at radius 2 is 1.52 bits per heavy atom. The van der Waals surface area contributed by atoms with Gasteiger partial charge in [0.05, 0.1) is 7.05 Å². The van der Waals surface area contributed by atoms with E-state index in [1.165, 1.54) is 7.05 Å². The number of Topliss-reactive ketones (excluding diaryl/α,β-unsaturated/α-hetero) is 1. The zero-order valence-electron chi connectivity index (χ0n) is 12.3. The van der Waals surface area contributed by atoms with E-state index in [1.807, 2.05) is 0 Å². The third-order valence-electron chi connectivity index (χ3n) is 3.45. The number of carbonyl (C=O) groups excluding carboxylic acids is 2. The highest BCUT2D eigenvalue weighted by molar-refractivity contribution is 6.50. The zero-order valence-corrected chi connectivity index (χ0v) is 12.3. The van der Waals surface area contributed by atoms with Gasteiger partial charge < -0.3 is 5.11 Å². The number of hydrogen-bond acceptors (Lipinski definition) is 4.